The molecular weight excluding hydrogens is 309 g/mol. The predicted molar refractivity (Wildman–Crippen MR) is 78.1 cm³/mol. The van der Waals surface area contributed by atoms with Crippen molar-refractivity contribution in [3.05, 3.63) is 11.5 Å². The van der Waals surface area contributed by atoms with Crippen LogP contribution in [0.15, 0.2) is 11.5 Å². The van der Waals surface area contributed by atoms with E-state index in [9.17, 15) is 18.0 Å². The first-order chi connectivity index (χ1) is 10.9. The van der Waals surface area contributed by atoms with Crippen LogP contribution in [0.25, 0.3) is 0 Å². The molecule has 3 rings (SSSR count). The zero-order chi connectivity index (χ0) is 16.6. The van der Waals surface area contributed by atoms with Crippen LogP contribution >= 0.6 is 0 Å². The standard InChI is InChI=1S/C16H23F3N2O2/c1-2-7-21(11-4-5-11)14(22)9-10-3-6-12-13(8-10)23-15(20-12)16(17,18)19/h10-11,15,20H,2-9H2,1H3. The number of hydrogen-bond donors (Lipinski definition) is 1. The number of carbonyl (C=O) groups excluding carboxylic acids is 1. The number of nitrogens with zero attached hydrogens (tertiary/aromatic N) is 1. The van der Waals surface area contributed by atoms with Crippen molar-refractivity contribution in [3.63, 3.8) is 0 Å². The number of ether oxygens (including phenoxy) is 1. The first-order valence-electron chi connectivity index (χ1n) is 8.40. The van der Waals surface area contributed by atoms with Gasteiger partial charge < -0.3 is 15.0 Å². The molecule has 4 nitrogen and oxygen atoms in total. The van der Waals surface area contributed by atoms with E-state index in [-0.39, 0.29) is 11.8 Å². The van der Waals surface area contributed by atoms with E-state index in [1.54, 1.807) is 0 Å². The summed E-state index contributed by atoms with van der Waals surface area (Å²) < 4.78 is 43.2. The van der Waals surface area contributed by atoms with Gasteiger partial charge in [0.2, 0.25) is 5.91 Å². The van der Waals surface area contributed by atoms with Gasteiger partial charge in [0, 0.05) is 25.4 Å². The Kier molecular flexibility index (Phi) is 4.47. The molecule has 0 aromatic rings. The molecule has 1 N–H and O–H groups in total. The average Bonchev–Trinajstić information content (AvgIpc) is 3.21. The second-order valence-electron chi connectivity index (χ2n) is 6.72. The molecule has 2 aliphatic carbocycles. The highest BCUT2D eigenvalue weighted by atomic mass is 19.4. The lowest BCUT2D eigenvalue weighted by atomic mass is 9.88. The lowest BCUT2D eigenvalue weighted by molar-refractivity contribution is -0.210. The molecule has 1 aliphatic heterocycles. The summed E-state index contributed by atoms with van der Waals surface area (Å²) >= 11 is 0. The molecular formula is C16H23F3N2O2. The van der Waals surface area contributed by atoms with Crippen molar-refractivity contribution >= 4 is 5.91 Å². The topological polar surface area (TPSA) is 41.6 Å². The Morgan fingerprint density at radius 3 is 2.70 bits per heavy atom. The van der Waals surface area contributed by atoms with Crippen molar-refractivity contribution in [2.75, 3.05) is 6.54 Å². The van der Waals surface area contributed by atoms with Gasteiger partial charge in [-0.25, -0.2) is 0 Å². The van der Waals surface area contributed by atoms with E-state index in [1.165, 1.54) is 0 Å². The third kappa shape index (κ3) is 3.75. The van der Waals surface area contributed by atoms with E-state index in [4.69, 9.17) is 4.74 Å². The molecule has 2 unspecified atom stereocenters. The highest BCUT2D eigenvalue weighted by Gasteiger charge is 2.47. The normalized spacial score (nSPS) is 27.3. The highest BCUT2D eigenvalue weighted by molar-refractivity contribution is 5.77. The number of rotatable bonds is 5. The average molecular weight is 332 g/mol. The number of amides is 1. The summed E-state index contributed by atoms with van der Waals surface area (Å²) in [5, 5.41) is 2.42. The molecule has 2 atom stereocenters. The maximum absolute atomic E-state index is 12.7. The van der Waals surface area contributed by atoms with Crippen LogP contribution in [0, 0.1) is 5.92 Å². The van der Waals surface area contributed by atoms with Gasteiger partial charge in [0.25, 0.3) is 6.23 Å². The van der Waals surface area contributed by atoms with Crippen LogP contribution in [0.1, 0.15) is 51.9 Å². The van der Waals surface area contributed by atoms with Gasteiger partial charge in [-0.15, -0.1) is 0 Å². The summed E-state index contributed by atoms with van der Waals surface area (Å²) in [5.41, 5.74) is 0.559. The van der Waals surface area contributed by atoms with E-state index in [0.717, 1.165) is 32.2 Å². The molecule has 1 fully saturated rings. The van der Waals surface area contributed by atoms with Gasteiger partial charge in [0.15, 0.2) is 0 Å². The summed E-state index contributed by atoms with van der Waals surface area (Å²) in [4.78, 5) is 14.4. The van der Waals surface area contributed by atoms with Gasteiger partial charge in [-0.05, 0) is 38.0 Å². The van der Waals surface area contributed by atoms with Gasteiger partial charge in [-0.2, -0.15) is 13.2 Å². The number of alkyl halides is 3. The van der Waals surface area contributed by atoms with Crippen molar-refractivity contribution in [2.24, 2.45) is 5.92 Å². The summed E-state index contributed by atoms with van der Waals surface area (Å²) in [6.45, 7) is 2.83. The smallest absolute Gasteiger partial charge is 0.445 e. The molecule has 23 heavy (non-hydrogen) atoms. The Morgan fingerprint density at radius 1 is 1.35 bits per heavy atom. The zero-order valence-electron chi connectivity index (χ0n) is 13.3. The van der Waals surface area contributed by atoms with E-state index in [1.807, 2.05) is 4.90 Å². The van der Waals surface area contributed by atoms with Crippen molar-refractivity contribution in [1.29, 1.82) is 0 Å². The van der Waals surface area contributed by atoms with Crippen molar-refractivity contribution in [3.8, 4) is 0 Å². The molecule has 0 saturated heterocycles. The minimum Gasteiger partial charge on any atom is -0.463 e. The highest BCUT2D eigenvalue weighted by Crippen LogP contribution is 2.39. The third-order valence-corrected chi connectivity index (χ3v) is 4.71. The molecule has 1 saturated carbocycles. The largest absolute Gasteiger partial charge is 0.463 e. The summed E-state index contributed by atoms with van der Waals surface area (Å²) in [6, 6.07) is 0.389. The fourth-order valence-corrected chi connectivity index (χ4v) is 3.40. The molecule has 0 spiro atoms. The van der Waals surface area contributed by atoms with E-state index in [2.05, 4.69) is 12.2 Å². The fraction of sp³-hybridized carbons (Fsp3) is 0.812. The van der Waals surface area contributed by atoms with Crippen LogP contribution < -0.4 is 5.32 Å². The molecule has 1 heterocycles. The number of nitrogens with one attached hydrogen (secondary N) is 1. The molecule has 0 aromatic heterocycles. The molecule has 0 aromatic carbocycles. The Hall–Kier alpha value is -1.40. The van der Waals surface area contributed by atoms with Gasteiger partial charge in [-0.1, -0.05) is 6.92 Å². The summed E-state index contributed by atoms with van der Waals surface area (Å²) in [7, 11) is 0. The molecule has 1 amide bonds. The maximum atomic E-state index is 12.7. The number of carbonyl (C=O) groups is 1. The maximum Gasteiger partial charge on any atom is 0.445 e. The van der Waals surface area contributed by atoms with Crippen LogP contribution in [0.3, 0.4) is 0 Å². The number of halogens is 3. The Bertz CT molecular complexity index is 500. The quantitative estimate of drug-likeness (QED) is 0.840. The first kappa shape index (κ1) is 16.5. The summed E-state index contributed by atoms with van der Waals surface area (Å²) in [5.74, 6) is 0.611. The van der Waals surface area contributed by atoms with E-state index < -0.39 is 12.4 Å². The fourth-order valence-electron chi connectivity index (χ4n) is 3.40. The monoisotopic (exact) mass is 332 g/mol. The lowest BCUT2D eigenvalue weighted by Gasteiger charge is -2.26. The van der Waals surface area contributed by atoms with Crippen LogP contribution in [-0.2, 0) is 9.53 Å². The molecule has 0 bridgehead atoms. The summed E-state index contributed by atoms with van der Waals surface area (Å²) in [6.07, 6.45) is -1.16. The Balaban J connectivity index is 1.55. The van der Waals surface area contributed by atoms with Crippen LogP contribution in [-0.4, -0.2) is 35.8 Å². The first-order valence-corrected chi connectivity index (χ1v) is 8.40. The second-order valence-corrected chi connectivity index (χ2v) is 6.72. The molecule has 7 heteroatoms. The van der Waals surface area contributed by atoms with Gasteiger partial charge >= 0.3 is 6.18 Å². The minimum atomic E-state index is -4.41. The predicted octanol–water partition coefficient (Wildman–Crippen LogP) is 3.30. The molecule has 130 valence electrons. The second kappa shape index (κ2) is 6.24. The van der Waals surface area contributed by atoms with Crippen molar-refractivity contribution in [2.45, 2.75) is 70.3 Å². The van der Waals surface area contributed by atoms with Crippen molar-refractivity contribution in [1.82, 2.24) is 10.2 Å². The number of hydrogen-bond acceptors (Lipinski definition) is 3. The minimum absolute atomic E-state index is 0.0770. The van der Waals surface area contributed by atoms with Crippen molar-refractivity contribution < 1.29 is 22.7 Å². The van der Waals surface area contributed by atoms with Gasteiger partial charge in [0.1, 0.15) is 5.76 Å². The van der Waals surface area contributed by atoms with Crippen LogP contribution in [0.5, 0.6) is 0 Å². The molecule has 0 radical (unpaired) electrons. The Labute approximate surface area is 134 Å². The molecule has 3 aliphatic rings. The number of allylic oxidation sites excluding steroid dienone is 2. The van der Waals surface area contributed by atoms with Crippen LogP contribution in [0.2, 0.25) is 0 Å². The Morgan fingerprint density at radius 2 is 2.09 bits per heavy atom. The third-order valence-electron chi connectivity index (χ3n) is 4.71. The zero-order valence-corrected chi connectivity index (χ0v) is 13.3. The van der Waals surface area contributed by atoms with Gasteiger partial charge in [-0.3, -0.25) is 4.79 Å². The van der Waals surface area contributed by atoms with Crippen LogP contribution in [0.4, 0.5) is 13.2 Å². The van der Waals surface area contributed by atoms with E-state index >= 15 is 0 Å². The van der Waals surface area contributed by atoms with Gasteiger partial charge in [0.05, 0.1) is 5.70 Å². The lowest BCUT2D eigenvalue weighted by Crippen LogP contribution is -2.39. The SMILES string of the molecule is CCCN(C(=O)CC1CCC2=C(C1)OC(C(F)(F)F)N2)C1CC1. The van der Waals surface area contributed by atoms with E-state index in [0.29, 0.717) is 36.8 Å².